The third-order valence-electron chi connectivity index (χ3n) is 10.2. The molecule has 4 aromatic heterocycles. The quantitative estimate of drug-likeness (QED) is 0.315. The van der Waals surface area contributed by atoms with Gasteiger partial charge in [0.25, 0.3) is 11.5 Å². The van der Waals surface area contributed by atoms with Crippen molar-refractivity contribution in [1.29, 1.82) is 0 Å². The molecule has 2 N–H and O–H groups in total. The average molecular weight is 637 g/mol. The molecule has 8 heterocycles. The van der Waals surface area contributed by atoms with Crippen molar-refractivity contribution in [3.8, 4) is 11.1 Å². The number of nitrogens with zero attached hydrogens (tertiary/aromatic N) is 7. The van der Waals surface area contributed by atoms with Gasteiger partial charge in [-0.25, -0.2) is 9.97 Å². The van der Waals surface area contributed by atoms with Crippen molar-refractivity contribution in [2.75, 3.05) is 48.0 Å². The first-order valence-electron chi connectivity index (χ1n) is 16.5. The van der Waals surface area contributed by atoms with E-state index in [-0.39, 0.29) is 18.1 Å². The molecule has 1 atom stereocenters. The van der Waals surface area contributed by atoms with Gasteiger partial charge >= 0.3 is 0 Å². The fraction of sp³-hybridized carbons (Fsp3) is 0.429. The molecule has 1 amide bonds. The molecular weight excluding hydrogens is 596 g/mol. The van der Waals surface area contributed by atoms with Gasteiger partial charge in [-0.2, -0.15) is 0 Å². The van der Waals surface area contributed by atoms with Crippen molar-refractivity contribution in [1.82, 2.24) is 24.0 Å². The predicted octanol–water partition coefficient (Wildman–Crippen LogP) is 3.29. The normalized spacial score (nSPS) is 19.9. The molecule has 12 heteroatoms. The van der Waals surface area contributed by atoms with Gasteiger partial charge < -0.3 is 29.2 Å². The van der Waals surface area contributed by atoms with Crippen LogP contribution in [0.2, 0.25) is 0 Å². The van der Waals surface area contributed by atoms with Crippen molar-refractivity contribution in [2.24, 2.45) is 7.05 Å². The van der Waals surface area contributed by atoms with E-state index in [0.717, 1.165) is 75.6 Å². The minimum atomic E-state index is -0.312. The van der Waals surface area contributed by atoms with E-state index in [2.05, 4.69) is 42.6 Å². The molecule has 47 heavy (non-hydrogen) atoms. The smallest absolute Gasteiger partial charge is 0.276 e. The van der Waals surface area contributed by atoms with Crippen LogP contribution in [-0.4, -0.2) is 79.9 Å². The highest BCUT2D eigenvalue weighted by molar-refractivity contribution is 6.09. The first-order chi connectivity index (χ1) is 22.9. The van der Waals surface area contributed by atoms with Gasteiger partial charge in [0, 0.05) is 74.0 Å². The third-order valence-corrected chi connectivity index (χ3v) is 10.2. The van der Waals surface area contributed by atoms with Crippen molar-refractivity contribution in [3.05, 3.63) is 81.8 Å². The summed E-state index contributed by atoms with van der Waals surface area (Å²) in [5.74, 6) is 0.911. The van der Waals surface area contributed by atoms with Gasteiger partial charge in [0.15, 0.2) is 0 Å². The summed E-state index contributed by atoms with van der Waals surface area (Å²) in [7, 11) is 1.70. The highest BCUT2D eigenvalue weighted by Crippen LogP contribution is 2.37. The van der Waals surface area contributed by atoms with E-state index in [4.69, 9.17) is 4.74 Å². The van der Waals surface area contributed by atoms with Gasteiger partial charge in [0.2, 0.25) is 0 Å². The van der Waals surface area contributed by atoms with Crippen molar-refractivity contribution in [3.63, 3.8) is 0 Å². The van der Waals surface area contributed by atoms with Crippen molar-refractivity contribution in [2.45, 2.75) is 58.0 Å². The zero-order valence-electron chi connectivity index (χ0n) is 26.9. The van der Waals surface area contributed by atoms with Crippen LogP contribution in [0.5, 0.6) is 0 Å². The summed E-state index contributed by atoms with van der Waals surface area (Å²) in [6.07, 6.45) is 8.45. The van der Waals surface area contributed by atoms with Crippen LogP contribution in [0.15, 0.2) is 53.7 Å². The molecule has 2 fully saturated rings. The maximum Gasteiger partial charge on any atom is 0.276 e. The molecule has 4 aliphatic rings. The second kappa shape index (κ2) is 11.9. The lowest BCUT2D eigenvalue weighted by Gasteiger charge is -2.46. The fourth-order valence-corrected chi connectivity index (χ4v) is 7.61. The zero-order valence-corrected chi connectivity index (χ0v) is 26.9. The van der Waals surface area contributed by atoms with Gasteiger partial charge in [-0.3, -0.25) is 19.4 Å². The van der Waals surface area contributed by atoms with E-state index in [1.165, 1.54) is 10.3 Å². The maximum absolute atomic E-state index is 13.7. The largest absolute Gasteiger partial charge is 0.392 e. The lowest BCUT2D eigenvalue weighted by atomic mass is 10.0. The number of ether oxygens (including phenoxy) is 1. The Labute approximate surface area is 273 Å². The minimum Gasteiger partial charge on any atom is -0.392 e. The Bertz CT molecular complexity index is 1900. The Hall–Kier alpha value is -4.52. The standard InChI is InChI=1S/C35H40N8O4/c1-22-16-40(27-20-47-21-27)11-12-41(22)26-6-7-31(37-15-26)38-30-14-23(17-39(2)34(30)45)28-8-9-36-33(29(28)19-44)43-18-24-13-25-5-3-4-10-42(25)32(24)35(43)46/h6-9,13-15,17,22,27,44H,3-5,10-12,16,18-21H2,1-2H3,(H,37,38)/t22-/m0/s1. The summed E-state index contributed by atoms with van der Waals surface area (Å²) >= 11 is 0. The first-order valence-corrected chi connectivity index (χ1v) is 16.5. The molecule has 0 bridgehead atoms. The molecule has 0 spiro atoms. The topological polar surface area (TPSA) is 121 Å². The van der Waals surface area contributed by atoms with Gasteiger partial charge in [-0.05, 0) is 62.1 Å². The fourth-order valence-electron chi connectivity index (χ4n) is 7.61. The number of carbonyl (C=O) groups excluding carboxylic acids is 1. The Balaban J connectivity index is 1.04. The van der Waals surface area contributed by atoms with E-state index in [1.807, 2.05) is 24.4 Å². The van der Waals surface area contributed by atoms with Crippen molar-refractivity contribution >= 4 is 28.9 Å². The van der Waals surface area contributed by atoms with Gasteiger partial charge in [0.05, 0.1) is 44.3 Å². The number of hydrogen-bond acceptors (Lipinski definition) is 9. The lowest BCUT2D eigenvalue weighted by Crippen LogP contribution is -2.59. The molecule has 2 saturated heterocycles. The molecule has 0 saturated carbocycles. The van der Waals surface area contributed by atoms with Crippen molar-refractivity contribution < 1.29 is 14.6 Å². The molecule has 12 nitrogen and oxygen atoms in total. The second-order valence-corrected chi connectivity index (χ2v) is 13.1. The number of aliphatic hydroxyl groups is 1. The maximum atomic E-state index is 13.7. The van der Waals surface area contributed by atoms with Crippen LogP contribution in [0, 0.1) is 0 Å². The highest BCUT2D eigenvalue weighted by atomic mass is 16.5. The van der Waals surface area contributed by atoms with E-state index < -0.39 is 0 Å². The summed E-state index contributed by atoms with van der Waals surface area (Å²) in [5, 5.41) is 13.8. The van der Waals surface area contributed by atoms with Gasteiger partial charge in [-0.1, -0.05) is 0 Å². The molecule has 0 unspecified atom stereocenters. The lowest BCUT2D eigenvalue weighted by molar-refractivity contribution is -0.0691. The Morgan fingerprint density at radius 1 is 1.06 bits per heavy atom. The number of aliphatic hydroxyl groups excluding tert-OH is 1. The Morgan fingerprint density at radius 3 is 2.68 bits per heavy atom. The van der Waals surface area contributed by atoms with E-state index in [0.29, 0.717) is 52.6 Å². The molecule has 244 valence electrons. The van der Waals surface area contributed by atoms with Gasteiger partial charge in [-0.15, -0.1) is 0 Å². The average Bonchev–Trinajstić information content (AvgIpc) is 3.58. The van der Waals surface area contributed by atoms with E-state index in [1.54, 1.807) is 30.4 Å². The molecule has 0 aromatic carbocycles. The van der Waals surface area contributed by atoms with Crippen LogP contribution in [0.3, 0.4) is 0 Å². The number of amides is 1. The van der Waals surface area contributed by atoms with Gasteiger partial charge in [0.1, 0.15) is 23.0 Å². The number of aromatic nitrogens is 4. The predicted molar refractivity (Wildman–Crippen MR) is 179 cm³/mol. The number of hydrogen-bond donors (Lipinski definition) is 2. The molecule has 8 rings (SSSR count). The minimum absolute atomic E-state index is 0.0888. The van der Waals surface area contributed by atoms with E-state index >= 15 is 0 Å². The molecule has 0 radical (unpaired) electrons. The highest BCUT2D eigenvalue weighted by Gasteiger charge is 2.36. The summed E-state index contributed by atoms with van der Waals surface area (Å²) in [6.45, 7) is 7.76. The van der Waals surface area contributed by atoms with Crippen LogP contribution in [0.1, 0.15) is 47.1 Å². The van der Waals surface area contributed by atoms with E-state index in [9.17, 15) is 14.7 Å². The second-order valence-electron chi connectivity index (χ2n) is 13.1. The van der Waals surface area contributed by atoms with Crippen LogP contribution >= 0.6 is 0 Å². The molecule has 0 aliphatic carbocycles. The number of rotatable bonds is 7. The zero-order chi connectivity index (χ0) is 32.2. The summed E-state index contributed by atoms with van der Waals surface area (Å²) in [6, 6.07) is 10.6. The number of piperazine rings is 1. The first kappa shape index (κ1) is 29.9. The van der Waals surface area contributed by atoms with Crippen LogP contribution < -0.4 is 20.7 Å². The number of fused-ring (bicyclic) bond motifs is 3. The van der Waals surface area contributed by atoms with Crippen LogP contribution in [-0.2, 0) is 37.9 Å². The third kappa shape index (κ3) is 5.20. The summed E-state index contributed by atoms with van der Waals surface area (Å²) < 4.78 is 9.06. The summed E-state index contributed by atoms with van der Waals surface area (Å²) in [5.41, 5.74) is 6.13. The number of aryl methyl sites for hydroxylation is 2. The number of pyridine rings is 3. The SMILES string of the molecule is C[C@H]1CN(C2COC2)CCN1c1ccc(Nc2cc(-c3ccnc(N4Cc5cc6n(c5C4=O)CCCC6)c3CO)cn(C)c2=O)nc1. The number of nitrogens with one attached hydrogen (secondary N) is 1. The van der Waals surface area contributed by atoms with Crippen LogP contribution in [0.25, 0.3) is 11.1 Å². The monoisotopic (exact) mass is 636 g/mol. The molecular formula is C35H40N8O4. The van der Waals surface area contributed by atoms with Crippen LogP contribution in [0.4, 0.5) is 23.0 Å². The molecule has 4 aliphatic heterocycles. The summed E-state index contributed by atoms with van der Waals surface area (Å²) in [4.78, 5) is 42.8. The Morgan fingerprint density at radius 2 is 1.94 bits per heavy atom. The Kier molecular flexibility index (Phi) is 7.58. The molecule has 4 aromatic rings. The number of anilines is 4. The number of carbonyl (C=O) groups is 1.